The zero-order chi connectivity index (χ0) is 20.5. The van der Waals surface area contributed by atoms with E-state index < -0.39 is 0 Å². The molecular weight excluding hydrogens is 368 g/mol. The third kappa shape index (κ3) is 6.85. The van der Waals surface area contributed by atoms with Crippen LogP contribution in [0.4, 0.5) is 0 Å². The number of nitrogens with zero attached hydrogens (tertiary/aromatic N) is 1. The monoisotopic (exact) mass is 398 g/mol. The van der Waals surface area contributed by atoms with Crippen LogP contribution < -0.4 is 10.1 Å². The van der Waals surface area contributed by atoms with Gasteiger partial charge in [-0.15, -0.1) is 0 Å². The lowest BCUT2D eigenvalue weighted by molar-refractivity contribution is -0.0212. The van der Waals surface area contributed by atoms with Crippen LogP contribution in [-0.4, -0.2) is 56.9 Å². The summed E-state index contributed by atoms with van der Waals surface area (Å²) >= 11 is 0. The van der Waals surface area contributed by atoms with Crippen molar-refractivity contribution in [3.63, 3.8) is 0 Å². The van der Waals surface area contributed by atoms with E-state index in [2.05, 4.69) is 29.3 Å². The molecule has 0 radical (unpaired) electrons. The molecule has 1 aliphatic heterocycles. The topological polar surface area (TPSA) is 60.0 Å². The summed E-state index contributed by atoms with van der Waals surface area (Å²) in [4.78, 5) is 14.9. The minimum atomic E-state index is -0.116. The smallest absolute Gasteiger partial charge is 0.251 e. The molecule has 3 rings (SSSR count). The molecule has 0 aliphatic carbocycles. The lowest BCUT2D eigenvalue weighted by atomic mass is 10.1. The SMILES string of the molecule is COCCOc1cccc(C(=O)NCc2cccc(CN3CCOC(C)C3)c2)c1. The van der Waals surface area contributed by atoms with E-state index in [9.17, 15) is 4.79 Å². The molecule has 0 saturated carbocycles. The molecule has 1 aliphatic rings. The summed E-state index contributed by atoms with van der Waals surface area (Å²) < 4.78 is 16.2. The van der Waals surface area contributed by atoms with Crippen molar-refractivity contribution in [2.45, 2.75) is 26.1 Å². The number of hydrogen-bond donors (Lipinski definition) is 1. The third-order valence-corrected chi connectivity index (χ3v) is 4.83. The third-order valence-electron chi connectivity index (χ3n) is 4.83. The first kappa shape index (κ1) is 21.3. The number of morpholine rings is 1. The fraction of sp³-hybridized carbons (Fsp3) is 0.435. The highest BCUT2D eigenvalue weighted by atomic mass is 16.5. The fourth-order valence-electron chi connectivity index (χ4n) is 3.38. The first-order chi connectivity index (χ1) is 14.1. The number of hydrogen-bond acceptors (Lipinski definition) is 5. The van der Waals surface area contributed by atoms with E-state index in [1.807, 2.05) is 24.3 Å². The molecule has 29 heavy (non-hydrogen) atoms. The zero-order valence-electron chi connectivity index (χ0n) is 17.2. The molecule has 2 aromatic carbocycles. The Hall–Kier alpha value is -2.41. The Kier molecular flexibility index (Phi) is 8.04. The quantitative estimate of drug-likeness (QED) is 0.658. The summed E-state index contributed by atoms with van der Waals surface area (Å²) in [5.41, 5.74) is 2.92. The van der Waals surface area contributed by atoms with Crippen molar-refractivity contribution in [2.75, 3.05) is 40.0 Å². The molecule has 1 atom stereocenters. The molecule has 0 bridgehead atoms. The number of methoxy groups -OCH3 is 1. The van der Waals surface area contributed by atoms with Gasteiger partial charge in [0.15, 0.2) is 0 Å². The number of carbonyl (C=O) groups excluding carboxylic acids is 1. The number of carbonyl (C=O) groups is 1. The van der Waals surface area contributed by atoms with Crippen LogP contribution in [0.5, 0.6) is 5.75 Å². The molecule has 0 spiro atoms. The van der Waals surface area contributed by atoms with Gasteiger partial charge in [-0.1, -0.05) is 30.3 Å². The van der Waals surface area contributed by atoms with E-state index in [-0.39, 0.29) is 12.0 Å². The van der Waals surface area contributed by atoms with Crippen LogP contribution in [0.15, 0.2) is 48.5 Å². The molecule has 6 heteroatoms. The lowest BCUT2D eigenvalue weighted by Crippen LogP contribution is -2.40. The molecule has 1 fully saturated rings. The Labute approximate surface area is 172 Å². The highest BCUT2D eigenvalue weighted by molar-refractivity contribution is 5.94. The molecule has 1 amide bonds. The summed E-state index contributed by atoms with van der Waals surface area (Å²) in [7, 11) is 1.63. The van der Waals surface area contributed by atoms with Crippen LogP contribution in [0.2, 0.25) is 0 Å². The summed E-state index contributed by atoms with van der Waals surface area (Å²) in [6.07, 6.45) is 0.278. The van der Waals surface area contributed by atoms with Gasteiger partial charge in [-0.05, 0) is 36.2 Å². The van der Waals surface area contributed by atoms with E-state index in [1.165, 1.54) is 5.56 Å². The maximum Gasteiger partial charge on any atom is 0.251 e. The molecule has 6 nitrogen and oxygen atoms in total. The fourth-order valence-corrected chi connectivity index (χ4v) is 3.38. The molecular formula is C23H30N2O4. The minimum Gasteiger partial charge on any atom is -0.491 e. The first-order valence-corrected chi connectivity index (χ1v) is 10.1. The van der Waals surface area contributed by atoms with Crippen molar-refractivity contribution in [1.29, 1.82) is 0 Å². The van der Waals surface area contributed by atoms with Crippen molar-refractivity contribution >= 4 is 5.91 Å². The Bertz CT molecular complexity index is 796. The van der Waals surface area contributed by atoms with E-state index in [0.717, 1.165) is 31.8 Å². The van der Waals surface area contributed by atoms with Gasteiger partial charge in [0.1, 0.15) is 12.4 Å². The summed E-state index contributed by atoms with van der Waals surface area (Å²) in [6.45, 7) is 7.14. The van der Waals surface area contributed by atoms with Gasteiger partial charge in [-0.25, -0.2) is 0 Å². The predicted octanol–water partition coefficient (Wildman–Crippen LogP) is 2.86. The molecule has 2 aromatic rings. The average Bonchev–Trinajstić information content (AvgIpc) is 2.73. The summed E-state index contributed by atoms with van der Waals surface area (Å²) in [5.74, 6) is 0.547. The maximum absolute atomic E-state index is 12.5. The molecule has 1 unspecified atom stereocenters. The average molecular weight is 399 g/mol. The Morgan fingerprint density at radius 1 is 1.17 bits per heavy atom. The van der Waals surface area contributed by atoms with Crippen LogP contribution in [0.3, 0.4) is 0 Å². The van der Waals surface area contributed by atoms with Gasteiger partial charge in [0.2, 0.25) is 0 Å². The number of amides is 1. The number of ether oxygens (including phenoxy) is 3. The van der Waals surface area contributed by atoms with Crippen molar-refractivity contribution in [2.24, 2.45) is 0 Å². The van der Waals surface area contributed by atoms with Gasteiger partial charge in [0.25, 0.3) is 5.91 Å². The van der Waals surface area contributed by atoms with E-state index in [0.29, 0.717) is 31.1 Å². The normalized spacial score (nSPS) is 17.1. The van der Waals surface area contributed by atoms with Crippen LogP contribution >= 0.6 is 0 Å². The van der Waals surface area contributed by atoms with Crippen molar-refractivity contribution < 1.29 is 19.0 Å². The van der Waals surface area contributed by atoms with Crippen LogP contribution in [0.1, 0.15) is 28.4 Å². The van der Waals surface area contributed by atoms with Gasteiger partial charge in [0.05, 0.1) is 19.3 Å². The zero-order valence-corrected chi connectivity index (χ0v) is 17.2. The predicted molar refractivity (Wildman–Crippen MR) is 112 cm³/mol. The maximum atomic E-state index is 12.5. The van der Waals surface area contributed by atoms with Gasteiger partial charge in [0, 0.05) is 38.9 Å². The number of benzene rings is 2. The highest BCUT2D eigenvalue weighted by Gasteiger charge is 2.16. The second-order valence-electron chi connectivity index (χ2n) is 7.29. The summed E-state index contributed by atoms with van der Waals surface area (Å²) in [5, 5.41) is 2.99. The van der Waals surface area contributed by atoms with E-state index >= 15 is 0 Å². The van der Waals surface area contributed by atoms with Crippen molar-refractivity contribution in [3.05, 3.63) is 65.2 Å². The second-order valence-corrected chi connectivity index (χ2v) is 7.29. The van der Waals surface area contributed by atoms with Crippen molar-refractivity contribution in [3.8, 4) is 5.75 Å². The molecule has 156 valence electrons. The molecule has 0 aromatic heterocycles. The highest BCUT2D eigenvalue weighted by Crippen LogP contribution is 2.15. The van der Waals surface area contributed by atoms with E-state index in [4.69, 9.17) is 14.2 Å². The summed E-state index contributed by atoms with van der Waals surface area (Å²) in [6, 6.07) is 15.6. The van der Waals surface area contributed by atoms with Crippen LogP contribution in [0.25, 0.3) is 0 Å². The standard InChI is InChI=1S/C23H30N2O4/c1-18-16-25(9-10-28-18)17-20-6-3-5-19(13-20)15-24-23(26)21-7-4-8-22(14-21)29-12-11-27-2/h3-8,13-14,18H,9-12,15-17H2,1-2H3,(H,24,26). The Morgan fingerprint density at radius 3 is 2.83 bits per heavy atom. The minimum absolute atomic E-state index is 0.116. The van der Waals surface area contributed by atoms with Gasteiger partial charge < -0.3 is 19.5 Å². The van der Waals surface area contributed by atoms with Gasteiger partial charge in [-0.3, -0.25) is 9.69 Å². The molecule has 1 N–H and O–H groups in total. The lowest BCUT2D eigenvalue weighted by Gasteiger charge is -2.31. The van der Waals surface area contributed by atoms with Gasteiger partial charge in [-0.2, -0.15) is 0 Å². The van der Waals surface area contributed by atoms with Crippen LogP contribution in [-0.2, 0) is 22.6 Å². The number of rotatable bonds is 9. The van der Waals surface area contributed by atoms with Crippen LogP contribution in [0, 0.1) is 0 Å². The largest absolute Gasteiger partial charge is 0.491 e. The van der Waals surface area contributed by atoms with Gasteiger partial charge >= 0.3 is 0 Å². The Balaban J connectivity index is 1.53. The first-order valence-electron chi connectivity index (χ1n) is 10.1. The second kappa shape index (κ2) is 11.0. The Morgan fingerprint density at radius 2 is 2.00 bits per heavy atom. The molecule has 1 saturated heterocycles. The van der Waals surface area contributed by atoms with Crippen molar-refractivity contribution in [1.82, 2.24) is 10.2 Å². The van der Waals surface area contributed by atoms with E-state index in [1.54, 1.807) is 19.2 Å². The molecule has 1 heterocycles. The number of nitrogens with one attached hydrogen (secondary N) is 1.